The topological polar surface area (TPSA) is 0 Å². The van der Waals surface area contributed by atoms with Crippen LogP contribution in [-0.2, 0) is 0 Å². The third kappa shape index (κ3) is 1.70. The normalized spacial score (nSPS) is 9.12. The molecule has 16 heavy (non-hydrogen) atoms. The zero-order valence-corrected chi connectivity index (χ0v) is 8.77. The second-order valence-corrected chi connectivity index (χ2v) is 3.38. The van der Waals surface area contributed by atoms with E-state index in [2.05, 4.69) is 11.8 Å². The lowest BCUT2D eigenvalue weighted by Gasteiger charge is -2.07. The molecular weight excluding hydrogens is 192 g/mol. The molecule has 2 aromatic rings. The molecule has 74 valence electrons. The lowest BCUT2D eigenvalue weighted by Crippen LogP contribution is -1.87. The second-order valence-electron chi connectivity index (χ2n) is 3.38. The van der Waals surface area contributed by atoms with Crippen LogP contribution in [0.5, 0.6) is 0 Å². The monoisotopic (exact) mass is 202 g/mol. The maximum absolute atomic E-state index is 5.48. The fourth-order valence-corrected chi connectivity index (χ4v) is 1.69. The molecule has 2 aromatic carbocycles. The molecule has 0 bridgehead atoms. The van der Waals surface area contributed by atoms with Crippen molar-refractivity contribution in [1.29, 1.82) is 0 Å². The number of rotatable bonds is 1. The van der Waals surface area contributed by atoms with Gasteiger partial charge >= 0.3 is 0 Å². The number of terminal acetylenes is 2. The molecule has 0 saturated heterocycles. The van der Waals surface area contributed by atoms with Gasteiger partial charge in [0, 0.05) is 11.1 Å². The molecule has 0 fully saturated rings. The van der Waals surface area contributed by atoms with Crippen molar-refractivity contribution >= 4 is 0 Å². The summed E-state index contributed by atoms with van der Waals surface area (Å²) in [6, 6.07) is 15.6. The minimum atomic E-state index is 0.866. The fourth-order valence-electron chi connectivity index (χ4n) is 1.69. The third-order valence-corrected chi connectivity index (χ3v) is 2.46. The van der Waals surface area contributed by atoms with E-state index in [1.54, 1.807) is 0 Å². The summed E-state index contributed by atoms with van der Waals surface area (Å²) in [4.78, 5) is 0. The first kappa shape index (κ1) is 10.1. The van der Waals surface area contributed by atoms with Gasteiger partial charge in [0.1, 0.15) is 0 Å². The highest BCUT2D eigenvalue weighted by Crippen LogP contribution is 2.25. The van der Waals surface area contributed by atoms with Gasteiger partial charge < -0.3 is 0 Å². The third-order valence-electron chi connectivity index (χ3n) is 2.46. The smallest absolute Gasteiger partial charge is 0.0321 e. The maximum Gasteiger partial charge on any atom is 0.0321 e. The first-order chi connectivity index (χ1) is 7.86. The molecule has 0 heteroatoms. The summed E-state index contributed by atoms with van der Waals surface area (Å²) in [5.41, 5.74) is 3.76. The van der Waals surface area contributed by atoms with Crippen molar-refractivity contribution in [3.63, 3.8) is 0 Å². The van der Waals surface area contributed by atoms with Crippen LogP contribution in [0.25, 0.3) is 11.1 Å². The molecule has 0 N–H and O–H groups in total. The minimum Gasteiger partial charge on any atom is -0.115 e. The van der Waals surface area contributed by atoms with Crippen molar-refractivity contribution in [3.05, 3.63) is 59.7 Å². The fraction of sp³-hybridized carbons (Fsp3) is 0. The maximum atomic E-state index is 5.48. The van der Waals surface area contributed by atoms with E-state index in [0.29, 0.717) is 0 Å². The van der Waals surface area contributed by atoms with Crippen molar-refractivity contribution in [2.45, 2.75) is 0 Å². The number of benzene rings is 2. The lowest BCUT2D eigenvalue weighted by molar-refractivity contribution is 1.56. The van der Waals surface area contributed by atoms with Crippen molar-refractivity contribution < 1.29 is 0 Å². The second kappa shape index (κ2) is 4.39. The molecule has 0 aromatic heterocycles. The number of hydrogen-bond donors (Lipinski definition) is 0. The summed E-state index contributed by atoms with van der Waals surface area (Å²) in [5, 5.41) is 0. The molecule has 0 spiro atoms. The van der Waals surface area contributed by atoms with Crippen LogP contribution in [0.1, 0.15) is 11.1 Å². The van der Waals surface area contributed by atoms with Crippen molar-refractivity contribution in [3.8, 4) is 35.8 Å². The van der Waals surface area contributed by atoms with Gasteiger partial charge in [0.05, 0.1) is 0 Å². The van der Waals surface area contributed by atoms with E-state index in [0.717, 1.165) is 22.3 Å². The zero-order valence-electron chi connectivity index (χ0n) is 8.77. The standard InChI is InChI=1S/C16H10/c1-3-13-9-5-7-11-15(13)16-12-8-6-10-14(16)4-2/h1-2,5-12H. The first-order valence-corrected chi connectivity index (χ1v) is 4.98. The molecule has 0 aliphatic heterocycles. The molecule has 0 saturated carbocycles. The van der Waals surface area contributed by atoms with Crippen LogP contribution < -0.4 is 0 Å². The molecule has 2 rings (SSSR count). The lowest BCUT2D eigenvalue weighted by atomic mass is 9.96. The van der Waals surface area contributed by atoms with Gasteiger partial charge in [-0.2, -0.15) is 0 Å². The molecule has 0 unspecified atom stereocenters. The van der Waals surface area contributed by atoms with Crippen LogP contribution >= 0.6 is 0 Å². The Labute approximate surface area is 95.9 Å². The van der Waals surface area contributed by atoms with Gasteiger partial charge in [-0.3, -0.25) is 0 Å². The Hall–Kier alpha value is -2.44. The molecule has 0 aliphatic rings. The first-order valence-electron chi connectivity index (χ1n) is 4.98. The summed E-state index contributed by atoms with van der Waals surface area (Å²) >= 11 is 0. The van der Waals surface area contributed by atoms with Gasteiger partial charge in [0.15, 0.2) is 0 Å². The Morgan fingerprint density at radius 2 is 1.00 bits per heavy atom. The summed E-state index contributed by atoms with van der Waals surface area (Å²) in [5.74, 6) is 5.35. The van der Waals surface area contributed by atoms with Crippen molar-refractivity contribution in [1.82, 2.24) is 0 Å². The van der Waals surface area contributed by atoms with E-state index in [4.69, 9.17) is 12.8 Å². The zero-order chi connectivity index (χ0) is 11.4. The predicted octanol–water partition coefficient (Wildman–Crippen LogP) is 3.32. The Balaban J connectivity index is 2.70. The highest BCUT2D eigenvalue weighted by atomic mass is 14.1. The Kier molecular flexibility index (Phi) is 2.77. The summed E-state index contributed by atoms with van der Waals surface area (Å²) in [6.45, 7) is 0. The summed E-state index contributed by atoms with van der Waals surface area (Å²) in [6.07, 6.45) is 11.0. The van der Waals surface area contributed by atoms with E-state index in [1.165, 1.54) is 0 Å². The quantitative estimate of drug-likeness (QED) is 0.622. The van der Waals surface area contributed by atoms with Gasteiger partial charge in [-0.25, -0.2) is 0 Å². The van der Waals surface area contributed by atoms with E-state index in [9.17, 15) is 0 Å². The van der Waals surface area contributed by atoms with Crippen LogP contribution in [0, 0.1) is 24.7 Å². The Morgan fingerprint density at radius 1 is 0.625 bits per heavy atom. The predicted molar refractivity (Wildman–Crippen MR) is 67.7 cm³/mol. The van der Waals surface area contributed by atoms with Crippen molar-refractivity contribution in [2.75, 3.05) is 0 Å². The highest BCUT2D eigenvalue weighted by Gasteiger charge is 2.05. The van der Waals surface area contributed by atoms with E-state index >= 15 is 0 Å². The van der Waals surface area contributed by atoms with Crippen LogP contribution in [0.2, 0.25) is 0 Å². The van der Waals surface area contributed by atoms with E-state index < -0.39 is 0 Å². The largest absolute Gasteiger partial charge is 0.115 e. The molecular formula is C16H10. The van der Waals surface area contributed by atoms with Crippen LogP contribution in [0.15, 0.2) is 48.5 Å². The Bertz CT molecular complexity index is 536. The SMILES string of the molecule is C#Cc1ccccc1-c1ccccc1C#C. The summed E-state index contributed by atoms with van der Waals surface area (Å²) < 4.78 is 0. The molecule has 0 amide bonds. The minimum absolute atomic E-state index is 0.866. The summed E-state index contributed by atoms with van der Waals surface area (Å²) in [7, 11) is 0. The van der Waals surface area contributed by atoms with Crippen LogP contribution in [0.3, 0.4) is 0 Å². The van der Waals surface area contributed by atoms with E-state index in [1.807, 2.05) is 48.5 Å². The average molecular weight is 202 g/mol. The molecule has 0 heterocycles. The van der Waals surface area contributed by atoms with Gasteiger partial charge in [0.2, 0.25) is 0 Å². The van der Waals surface area contributed by atoms with Crippen LogP contribution in [-0.4, -0.2) is 0 Å². The van der Waals surface area contributed by atoms with E-state index in [-0.39, 0.29) is 0 Å². The number of hydrogen-bond acceptors (Lipinski definition) is 0. The Morgan fingerprint density at radius 3 is 1.38 bits per heavy atom. The van der Waals surface area contributed by atoms with Gasteiger partial charge in [-0.15, -0.1) is 12.8 Å². The molecule has 0 nitrogen and oxygen atoms in total. The molecule has 0 atom stereocenters. The van der Waals surface area contributed by atoms with Gasteiger partial charge in [-0.05, 0) is 23.3 Å². The molecule has 0 radical (unpaired) electrons. The van der Waals surface area contributed by atoms with Gasteiger partial charge in [0.25, 0.3) is 0 Å². The van der Waals surface area contributed by atoms with Crippen molar-refractivity contribution in [2.24, 2.45) is 0 Å². The molecule has 0 aliphatic carbocycles. The van der Waals surface area contributed by atoms with Crippen LogP contribution in [0.4, 0.5) is 0 Å². The van der Waals surface area contributed by atoms with Gasteiger partial charge in [-0.1, -0.05) is 48.2 Å². The highest BCUT2D eigenvalue weighted by molar-refractivity contribution is 5.76. The average Bonchev–Trinajstić information content (AvgIpc) is 2.38.